The Balaban J connectivity index is 2.20. The summed E-state index contributed by atoms with van der Waals surface area (Å²) < 4.78 is 10.3. The lowest BCUT2D eigenvalue weighted by molar-refractivity contribution is 0.0790. The summed E-state index contributed by atoms with van der Waals surface area (Å²) in [6, 6.07) is 5.27. The number of methoxy groups -OCH3 is 2. The van der Waals surface area contributed by atoms with Crippen molar-refractivity contribution < 1.29 is 14.3 Å². The third-order valence-electron chi connectivity index (χ3n) is 3.14. The molecule has 0 unspecified atom stereocenters. The highest BCUT2D eigenvalue weighted by Crippen LogP contribution is 2.28. The monoisotopic (exact) mass is 250 g/mol. The van der Waals surface area contributed by atoms with Crippen LogP contribution in [0.15, 0.2) is 18.2 Å². The SMILES string of the molecule is COc1ccc(C(=O)N2CC[C@H](N)C2)cc1OC. The number of carbonyl (C=O) groups is 1. The molecule has 1 aliphatic heterocycles. The first-order valence-corrected chi connectivity index (χ1v) is 5.92. The molecule has 1 aliphatic rings. The van der Waals surface area contributed by atoms with E-state index in [1.165, 1.54) is 0 Å². The molecular formula is C13H18N2O3. The smallest absolute Gasteiger partial charge is 0.254 e. The molecule has 18 heavy (non-hydrogen) atoms. The minimum Gasteiger partial charge on any atom is -0.493 e. The number of hydrogen-bond acceptors (Lipinski definition) is 4. The molecule has 1 amide bonds. The summed E-state index contributed by atoms with van der Waals surface area (Å²) in [5, 5.41) is 0. The summed E-state index contributed by atoms with van der Waals surface area (Å²) in [5.74, 6) is 1.17. The summed E-state index contributed by atoms with van der Waals surface area (Å²) in [4.78, 5) is 14.0. The Morgan fingerprint density at radius 3 is 2.61 bits per heavy atom. The largest absolute Gasteiger partial charge is 0.493 e. The first-order chi connectivity index (χ1) is 8.65. The molecule has 98 valence electrons. The number of carbonyl (C=O) groups excluding carboxylic acids is 1. The molecule has 2 rings (SSSR count). The quantitative estimate of drug-likeness (QED) is 0.864. The van der Waals surface area contributed by atoms with Crippen molar-refractivity contribution in [2.24, 2.45) is 5.73 Å². The number of hydrogen-bond donors (Lipinski definition) is 1. The molecule has 1 aromatic carbocycles. The molecule has 0 bridgehead atoms. The number of likely N-dealkylation sites (tertiary alicyclic amines) is 1. The van der Waals surface area contributed by atoms with Crippen molar-refractivity contribution in [1.82, 2.24) is 4.90 Å². The van der Waals surface area contributed by atoms with Crippen LogP contribution in [0.4, 0.5) is 0 Å². The highest BCUT2D eigenvalue weighted by atomic mass is 16.5. The van der Waals surface area contributed by atoms with E-state index in [9.17, 15) is 4.79 Å². The zero-order valence-electron chi connectivity index (χ0n) is 10.7. The van der Waals surface area contributed by atoms with Crippen molar-refractivity contribution in [3.05, 3.63) is 23.8 Å². The summed E-state index contributed by atoms with van der Waals surface area (Å²) >= 11 is 0. The van der Waals surface area contributed by atoms with Crippen molar-refractivity contribution in [3.8, 4) is 11.5 Å². The van der Waals surface area contributed by atoms with E-state index in [2.05, 4.69) is 0 Å². The summed E-state index contributed by atoms with van der Waals surface area (Å²) in [7, 11) is 3.12. The first-order valence-electron chi connectivity index (χ1n) is 5.92. The van der Waals surface area contributed by atoms with Crippen LogP contribution in [-0.4, -0.2) is 44.2 Å². The average Bonchev–Trinajstić information content (AvgIpc) is 2.83. The fourth-order valence-corrected chi connectivity index (χ4v) is 2.12. The van der Waals surface area contributed by atoms with Gasteiger partial charge in [-0.3, -0.25) is 4.79 Å². The Labute approximate surface area is 106 Å². The second-order valence-electron chi connectivity index (χ2n) is 4.37. The molecule has 1 aromatic rings. The maximum Gasteiger partial charge on any atom is 0.254 e. The summed E-state index contributed by atoms with van der Waals surface area (Å²) in [6.07, 6.45) is 0.860. The lowest BCUT2D eigenvalue weighted by Gasteiger charge is -2.16. The van der Waals surface area contributed by atoms with Crippen LogP contribution < -0.4 is 15.2 Å². The number of nitrogens with two attached hydrogens (primary N) is 1. The number of benzene rings is 1. The van der Waals surface area contributed by atoms with E-state index in [1.54, 1.807) is 37.3 Å². The van der Waals surface area contributed by atoms with Crippen molar-refractivity contribution in [1.29, 1.82) is 0 Å². The Morgan fingerprint density at radius 2 is 2.06 bits per heavy atom. The van der Waals surface area contributed by atoms with Crippen molar-refractivity contribution in [2.75, 3.05) is 27.3 Å². The van der Waals surface area contributed by atoms with E-state index in [0.717, 1.165) is 6.42 Å². The van der Waals surface area contributed by atoms with Gasteiger partial charge in [0.1, 0.15) is 0 Å². The molecule has 1 saturated heterocycles. The highest BCUT2D eigenvalue weighted by Gasteiger charge is 2.25. The fraction of sp³-hybridized carbons (Fsp3) is 0.462. The molecule has 0 aromatic heterocycles. The summed E-state index contributed by atoms with van der Waals surface area (Å²) in [5.41, 5.74) is 6.40. The van der Waals surface area contributed by atoms with Gasteiger partial charge in [-0.2, -0.15) is 0 Å². The maximum absolute atomic E-state index is 12.2. The van der Waals surface area contributed by atoms with Crippen LogP contribution in [-0.2, 0) is 0 Å². The van der Waals surface area contributed by atoms with Crippen LogP contribution in [0.3, 0.4) is 0 Å². The average molecular weight is 250 g/mol. The summed E-state index contributed by atoms with van der Waals surface area (Å²) in [6.45, 7) is 1.33. The van der Waals surface area contributed by atoms with E-state index in [4.69, 9.17) is 15.2 Å². The van der Waals surface area contributed by atoms with Crippen LogP contribution in [0, 0.1) is 0 Å². The molecule has 1 atom stereocenters. The predicted octanol–water partition coefficient (Wildman–Crippen LogP) is 0.877. The third-order valence-corrected chi connectivity index (χ3v) is 3.14. The zero-order chi connectivity index (χ0) is 13.1. The van der Waals surface area contributed by atoms with Crippen LogP contribution in [0.2, 0.25) is 0 Å². The van der Waals surface area contributed by atoms with Crippen LogP contribution in [0.1, 0.15) is 16.8 Å². The predicted molar refractivity (Wildman–Crippen MR) is 68.0 cm³/mol. The van der Waals surface area contributed by atoms with Gasteiger partial charge in [-0.15, -0.1) is 0 Å². The van der Waals surface area contributed by atoms with Gasteiger partial charge in [0.15, 0.2) is 11.5 Å². The molecule has 0 saturated carbocycles. The molecule has 0 spiro atoms. The first kappa shape index (κ1) is 12.7. The number of ether oxygens (including phenoxy) is 2. The molecule has 5 nitrogen and oxygen atoms in total. The third kappa shape index (κ3) is 2.41. The zero-order valence-corrected chi connectivity index (χ0v) is 10.7. The topological polar surface area (TPSA) is 64.8 Å². The van der Waals surface area contributed by atoms with Gasteiger partial charge in [-0.1, -0.05) is 0 Å². The van der Waals surface area contributed by atoms with Gasteiger partial charge in [0.25, 0.3) is 5.91 Å². The molecule has 0 radical (unpaired) electrons. The highest BCUT2D eigenvalue weighted by molar-refractivity contribution is 5.95. The standard InChI is InChI=1S/C13H18N2O3/c1-17-11-4-3-9(7-12(11)18-2)13(16)15-6-5-10(14)8-15/h3-4,7,10H,5-6,8,14H2,1-2H3/t10-/m0/s1. The molecule has 5 heteroatoms. The molecule has 1 heterocycles. The second-order valence-corrected chi connectivity index (χ2v) is 4.37. The van der Waals surface area contributed by atoms with Gasteiger partial charge in [0.2, 0.25) is 0 Å². The van der Waals surface area contributed by atoms with E-state index in [-0.39, 0.29) is 11.9 Å². The lowest BCUT2D eigenvalue weighted by Crippen LogP contribution is -2.31. The van der Waals surface area contributed by atoms with E-state index >= 15 is 0 Å². The number of nitrogens with zero attached hydrogens (tertiary/aromatic N) is 1. The van der Waals surface area contributed by atoms with Gasteiger partial charge < -0.3 is 20.1 Å². The molecular weight excluding hydrogens is 232 g/mol. The van der Waals surface area contributed by atoms with Crippen molar-refractivity contribution in [3.63, 3.8) is 0 Å². The fourth-order valence-electron chi connectivity index (χ4n) is 2.12. The molecule has 1 fully saturated rings. The molecule has 2 N–H and O–H groups in total. The van der Waals surface area contributed by atoms with Gasteiger partial charge in [-0.25, -0.2) is 0 Å². The minimum atomic E-state index is -0.0103. The Morgan fingerprint density at radius 1 is 1.33 bits per heavy atom. The van der Waals surface area contributed by atoms with Gasteiger partial charge in [0, 0.05) is 24.7 Å². The van der Waals surface area contributed by atoms with E-state index in [0.29, 0.717) is 30.2 Å². The van der Waals surface area contributed by atoms with Gasteiger partial charge in [-0.05, 0) is 24.6 Å². The van der Waals surface area contributed by atoms with Crippen molar-refractivity contribution in [2.45, 2.75) is 12.5 Å². The minimum absolute atomic E-state index is 0.0103. The van der Waals surface area contributed by atoms with E-state index in [1.807, 2.05) is 0 Å². The normalized spacial score (nSPS) is 18.8. The van der Waals surface area contributed by atoms with E-state index < -0.39 is 0 Å². The molecule has 0 aliphatic carbocycles. The number of amides is 1. The maximum atomic E-state index is 12.2. The Kier molecular flexibility index (Phi) is 3.72. The van der Waals surface area contributed by atoms with Gasteiger partial charge >= 0.3 is 0 Å². The van der Waals surface area contributed by atoms with Crippen molar-refractivity contribution >= 4 is 5.91 Å². The number of rotatable bonds is 3. The lowest BCUT2D eigenvalue weighted by atomic mass is 10.1. The second kappa shape index (κ2) is 5.27. The Hall–Kier alpha value is -1.75. The van der Waals surface area contributed by atoms with Crippen LogP contribution >= 0.6 is 0 Å². The Bertz CT molecular complexity index is 448. The van der Waals surface area contributed by atoms with Crippen LogP contribution in [0.5, 0.6) is 11.5 Å². The van der Waals surface area contributed by atoms with Crippen LogP contribution in [0.25, 0.3) is 0 Å². The van der Waals surface area contributed by atoms with Gasteiger partial charge in [0.05, 0.1) is 14.2 Å².